The van der Waals surface area contributed by atoms with Crippen molar-refractivity contribution in [3.05, 3.63) is 42.9 Å². The molecule has 3 aromatic rings. The van der Waals surface area contributed by atoms with Crippen LogP contribution < -0.4 is 15.1 Å². The number of sulfone groups is 1. The third-order valence-electron chi connectivity index (χ3n) is 12.2. The van der Waals surface area contributed by atoms with Crippen molar-refractivity contribution in [1.29, 1.82) is 0 Å². The summed E-state index contributed by atoms with van der Waals surface area (Å²) in [6.07, 6.45) is 7.07. The molecular weight excluding hydrogens is 716 g/mol. The second-order valence-corrected chi connectivity index (χ2v) is 17.4. The Morgan fingerprint density at radius 3 is 2.65 bits per heavy atom. The van der Waals surface area contributed by atoms with E-state index in [1.54, 1.807) is 23.4 Å². The first-order chi connectivity index (χ1) is 26.1. The van der Waals surface area contributed by atoms with Crippen molar-refractivity contribution in [3.63, 3.8) is 0 Å². The van der Waals surface area contributed by atoms with Gasteiger partial charge in [-0.05, 0) is 57.2 Å². The quantitative estimate of drug-likeness (QED) is 0.317. The van der Waals surface area contributed by atoms with Crippen molar-refractivity contribution in [2.75, 3.05) is 80.5 Å². The van der Waals surface area contributed by atoms with Crippen LogP contribution in [0.1, 0.15) is 50.8 Å². The number of pyridine rings is 1. The van der Waals surface area contributed by atoms with Crippen molar-refractivity contribution in [2.45, 2.75) is 74.7 Å². The van der Waals surface area contributed by atoms with Gasteiger partial charge in [-0.2, -0.15) is 10.1 Å². The molecule has 6 atom stereocenters. The van der Waals surface area contributed by atoms with E-state index in [0.717, 1.165) is 49.7 Å². The molecule has 0 aromatic carbocycles. The number of methoxy groups -OCH3 is 1. The third-order valence-corrected chi connectivity index (χ3v) is 14.4. The van der Waals surface area contributed by atoms with Crippen molar-refractivity contribution < 1.29 is 27.1 Å². The predicted molar refractivity (Wildman–Crippen MR) is 202 cm³/mol. The van der Waals surface area contributed by atoms with E-state index < -0.39 is 27.4 Å². The Bertz CT molecular complexity index is 1990. The molecule has 5 aliphatic rings. The van der Waals surface area contributed by atoms with Crippen LogP contribution in [0.3, 0.4) is 0 Å². The molecule has 0 aliphatic carbocycles. The van der Waals surface area contributed by atoms with E-state index in [0.29, 0.717) is 74.3 Å². The highest BCUT2D eigenvalue weighted by Gasteiger charge is 2.50. The zero-order chi connectivity index (χ0) is 37.6. The first-order valence-corrected chi connectivity index (χ1v) is 20.8. The number of anilines is 4. The lowest BCUT2D eigenvalue weighted by molar-refractivity contribution is -0.126. The first kappa shape index (κ1) is 36.9. The SMILES string of the molecule is C=CC(=O)N1CCCC1c1nnc(N2CC(C3CN(C4CCOCC4)CCS3(=O)=O)C2C)c2cnc(Nc3ccnc(N4CC[C@@H](OC)[C@@H](F)C4)n3)cc12. The molecule has 8 heterocycles. The smallest absolute Gasteiger partial charge is 0.246 e. The molecule has 17 heteroatoms. The molecular formula is C37H49FN10O5S. The first-order valence-electron chi connectivity index (χ1n) is 19.1. The van der Waals surface area contributed by atoms with Crippen LogP contribution in [0.25, 0.3) is 10.8 Å². The molecule has 3 aromatic heterocycles. The summed E-state index contributed by atoms with van der Waals surface area (Å²) in [5, 5.41) is 13.9. The number of fused-ring (bicyclic) bond motifs is 1. The molecule has 0 spiro atoms. The number of carbonyl (C=O) groups is 1. The summed E-state index contributed by atoms with van der Waals surface area (Å²) in [6.45, 7) is 10.2. The Labute approximate surface area is 315 Å². The summed E-state index contributed by atoms with van der Waals surface area (Å²) in [6, 6.07) is 3.60. The van der Waals surface area contributed by atoms with Gasteiger partial charge in [0.2, 0.25) is 11.9 Å². The van der Waals surface area contributed by atoms with E-state index in [4.69, 9.17) is 24.7 Å². The van der Waals surface area contributed by atoms with Crippen LogP contribution in [-0.2, 0) is 24.1 Å². The molecule has 5 aliphatic heterocycles. The summed E-state index contributed by atoms with van der Waals surface area (Å²) >= 11 is 0. The fourth-order valence-corrected chi connectivity index (χ4v) is 11.1. The third kappa shape index (κ3) is 6.99. The summed E-state index contributed by atoms with van der Waals surface area (Å²) in [7, 11) is -1.74. The van der Waals surface area contributed by atoms with Gasteiger partial charge in [-0.1, -0.05) is 6.58 Å². The van der Waals surface area contributed by atoms with Crippen LogP contribution in [0.15, 0.2) is 37.2 Å². The molecule has 8 rings (SSSR count). The zero-order valence-electron chi connectivity index (χ0n) is 30.9. The molecule has 290 valence electrons. The standard InChI is InChI=1S/C37H49FN10O5S/c1-4-34(49)47-12-5-6-29(47)35-25-18-33(41-32-7-11-39-37(42-32)46-13-8-30(52-3)28(38)21-46)40-19-26(25)36(44-43-35)48-20-27(23(48)2)31-22-45(14-17-54(31,50)51)24-9-15-53-16-10-24/h4,7,11,18-19,23-24,27-31H,1,5-6,8-10,12-17,20-22H2,2-3H3,(H,39,40,41,42)/t23?,27?,28-,29?,30+,31?/m0/s1. The number of likely N-dealkylation sites (tertiary alicyclic amines) is 1. The Kier molecular flexibility index (Phi) is 10.4. The number of halogens is 1. The minimum Gasteiger partial charge on any atom is -0.381 e. The van der Waals surface area contributed by atoms with E-state index in [1.165, 1.54) is 13.2 Å². The predicted octanol–water partition coefficient (Wildman–Crippen LogP) is 3.07. The van der Waals surface area contributed by atoms with Crippen molar-refractivity contribution >= 4 is 49.9 Å². The molecule has 1 N–H and O–H groups in total. The van der Waals surface area contributed by atoms with Gasteiger partial charge in [0.1, 0.15) is 17.8 Å². The molecule has 0 bridgehead atoms. The van der Waals surface area contributed by atoms with E-state index in [2.05, 4.69) is 38.6 Å². The van der Waals surface area contributed by atoms with Gasteiger partial charge in [-0.25, -0.2) is 22.8 Å². The summed E-state index contributed by atoms with van der Waals surface area (Å²) in [5.41, 5.74) is 0.664. The fourth-order valence-electron chi connectivity index (χ4n) is 9.01. The maximum Gasteiger partial charge on any atom is 0.246 e. The van der Waals surface area contributed by atoms with Gasteiger partial charge in [-0.15, -0.1) is 5.10 Å². The van der Waals surface area contributed by atoms with E-state index in [1.807, 2.05) is 11.0 Å². The highest BCUT2D eigenvalue weighted by Crippen LogP contribution is 2.42. The lowest BCUT2D eigenvalue weighted by atomic mass is 9.85. The van der Waals surface area contributed by atoms with E-state index in [-0.39, 0.29) is 36.2 Å². The molecule has 54 heavy (non-hydrogen) atoms. The van der Waals surface area contributed by atoms with Crippen molar-refractivity contribution in [3.8, 4) is 0 Å². The number of aromatic nitrogens is 5. The van der Waals surface area contributed by atoms with Gasteiger partial charge in [0, 0.05) is 94.2 Å². The van der Waals surface area contributed by atoms with Gasteiger partial charge in [0.25, 0.3) is 0 Å². The minimum absolute atomic E-state index is 0.0569. The Morgan fingerprint density at radius 2 is 1.89 bits per heavy atom. The lowest BCUT2D eigenvalue weighted by Gasteiger charge is -2.52. The number of nitrogens with one attached hydrogen (secondary N) is 1. The molecule has 0 saturated carbocycles. The van der Waals surface area contributed by atoms with Crippen LogP contribution in [0.4, 0.5) is 27.8 Å². The summed E-state index contributed by atoms with van der Waals surface area (Å²) in [5.74, 6) is 2.00. The second kappa shape index (κ2) is 15.2. The van der Waals surface area contributed by atoms with Gasteiger partial charge in [0.05, 0.1) is 35.4 Å². The number of piperidine rings is 1. The molecule has 0 radical (unpaired) electrons. The molecule has 4 unspecified atom stereocenters. The van der Waals surface area contributed by atoms with Crippen molar-refractivity contribution in [2.24, 2.45) is 5.92 Å². The number of nitrogens with zero attached hydrogens (tertiary/aromatic N) is 9. The Morgan fingerprint density at radius 1 is 1.06 bits per heavy atom. The molecule has 5 fully saturated rings. The zero-order valence-corrected chi connectivity index (χ0v) is 31.7. The number of alkyl halides is 1. The van der Waals surface area contributed by atoms with Crippen LogP contribution in [0.2, 0.25) is 0 Å². The van der Waals surface area contributed by atoms with E-state index in [9.17, 15) is 17.6 Å². The lowest BCUT2D eigenvalue weighted by Crippen LogP contribution is -2.65. The maximum absolute atomic E-state index is 14.7. The maximum atomic E-state index is 14.7. The van der Waals surface area contributed by atoms with Crippen LogP contribution in [0, 0.1) is 5.92 Å². The number of ether oxygens (including phenoxy) is 2. The highest BCUT2D eigenvalue weighted by molar-refractivity contribution is 7.92. The molecule has 1 amide bonds. The number of rotatable bonds is 9. The second-order valence-electron chi connectivity index (χ2n) is 15.1. The fraction of sp³-hybridized carbons (Fsp3) is 0.622. The van der Waals surface area contributed by atoms with Gasteiger partial charge >= 0.3 is 0 Å². The Hall–Kier alpha value is -4.06. The van der Waals surface area contributed by atoms with Gasteiger partial charge < -0.3 is 29.5 Å². The molecule has 5 saturated heterocycles. The van der Waals surface area contributed by atoms with Crippen LogP contribution in [-0.4, -0.2) is 144 Å². The molecule has 15 nitrogen and oxygen atoms in total. The van der Waals surface area contributed by atoms with Crippen molar-refractivity contribution in [1.82, 2.24) is 34.9 Å². The average molecular weight is 765 g/mol. The number of hydrogen-bond acceptors (Lipinski definition) is 14. The van der Waals surface area contributed by atoms with E-state index >= 15 is 0 Å². The van der Waals surface area contributed by atoms with Gasteiger partial charge in [-0.3, -0.25) is 9.69 Å². The topological polar surface area (TPSA) is 159 Å². The summed E-state index contributed by atoms with van der Waals surface area (Å²) in [4.78, 5) is 34.9. The average Bonchev–Trinajstić information content (AvgIpc) is 3.68. The Balaban J connectivity index is 1.08. The normalized spacial score (nSPS) is 29.3. The number of carbonyl (C=O) groups excluding carboxylic acids is 1. The van der Waals surface area contributed by atoms with Gasteiger partial charge in [0.15, 0.2) is 15.7 Å². The highest BCUT2D eigenvalue weighted by atomic mass is 32.2. The largest absolute Gasteiger partial charge is 0.381 e. The monoisotopic (exact) mass is 764 g/mol. The van der Waals surface area contributed by atoms with Crippen LogP contribution in [0.5, 0.6) is 0 Å². The number of hydrogen-bond donors (Lipinski definition) is 1. The minimum atomic E-state index is -3.26. The number of amides is 1. The van der Waals surface area contributed by atoms with Crippen LogP contribution >= 0.6 is 0 Å². The summed E-state index contributed by atoms with van der Waals surface area (Å²) < 4.78 is 52.5.